The van der Waals surface area contributed by atoms with Crippen LogP contribution in [0, 0.1) is 0 Å². The van der Waals surface area contributed by atoms with Crippen LogP contribution in [-0.2, 0) is 13.0 Å². The fourth-order valence-corrected chi connectivity index (χ4v) is 2.68. The summed E-state index contributed by atoms with van der Waals surface area (Å²) < 4.78 is 5.86. The molecule has 0 radical (unpaired) electrons. The maximum Gasteiger partial charge on any atom is 0.217 e. The molecule has 4 nitrogen and oxygen atoms in total. The fraction of sp³-hybridized carbons (Fsp3) is 0.444. The van der Waals surface area contributed by atoms with Gasteiger partial charge in [0.25, 0.3) is 0 Å². The Labute approximate surface area is 143 Å². The lowest BCUT2D eigenvalue weighted by Gasteiger charge is -2.17. The monoisotopic (exact) mass is 331 g/mol. The lowest BCUT2D eigenvalue weighted by Crippen LogP contribution is -2.25. The number of aromatic nitrogens is 2. The number of rotatable bonds is 9. The molecule has 124 valence electrons. The quantitative estimate of drug-likeness (QED) is 0.518. The van der Waals surface area contributed by atoms with Crippen LogP contribution in [0.3, 0.4) is 0 Å². The number of hydrogen-bond donors (Lipinski definition) is 0. The smallest absolute Gasteiger partial charge is 0.217 e. The van der Waals surface area contributed by atoms with Gasteiger partial charge in [0.15, 0.2) is 5.16 Å². The summed E-state index contributed by atoms with van der Waals surface area (Å²) in [6.07, 6.45) is 2.91. The first-order chi connectivity index (χ1) is 11.2. The van der Waals surface area contributed by atoms with Crippen molar-refractivity contribution in [3.05, 3.63) is 47.7 Å². The Morgan fingerprint density at radius 1 is 1.09 bits per heavy atom. The lowest BCUT2D eigenvalue weighted by molar-refractivity contribution is 0.288. The van der Waals surface area contributed by atoms with Crippen LogP contribution in [0.15, 0.2) is 41.6 Å². The van der Waals surface area contributed by atoms with Gasteiger partial charge < -0.3 is 9.64 Å². The van der Waals surface area contributed by atoms with Crippen molar-refractivity contribution >= 4 is 11.8 Å². The van der Waals surface area contributed by atoms with E-state index < -0.39 is 0 Å². The van der Waals surface area contributed by atoms with E-state index >= 15 is 0 Å². The van der Waals surface area contributed by atoms with Crippen molar-refractivity contribution < 1.29 is 4.74 Å². The number of likely N-dealkylation sites (N-methyl/N-ethyl adjacent to an activating group) is 1. The van der Waals surface area contributed by atoms with Gasteiger partial charge >= 0.3 is 0 Å². The predicted octanol–water partition coefficient (Wildman–Crippen LogP) is 3.66. The summed E-state index contributed by atoms with van der Waals surface area (Å²) in [6, 6.07) is 12.1. The lowest BCUT2D eigenvalue weighted by atomic mass is 10.2. The van der Waals surface area contributed by atoms with Crippen LogP contribution < -0.4 is 4.74 Å². The fourth-order valence-electron chi connectivity index (χ4n) is 2.29. The zero-order valence-corrected chi connectivity index (χ0v) is 15.0. The third kappa shape index (κ3) is 5.84. The molecule has 0 bridgehead atoms. The van der Waals surface area contributed by atoms with Gasteiger partial charge in [0.1, 0.15) is 6.61 Å². The predicted molar refractivity (Wildman–Crippen MR) is 96.1 cm³/mol. The van der Waals surface area contributed by atoms with Gasteiger partial charge in [-0.05, 0) is 24.9 Å². The molecular formula is C18H25N3OS. The Morgan fingerprint density at radius 3 is 2.48 bits per heavy atom. The molecule has 0 saturated heterocycles. The minimum absolute atomic E-state index is 0.529. The van der Waals surface area contributed by atoms with E-state index in [1.165, 1.54) is 0 Å². The first-order valence-electron chi connectivity index (χ1n) is 8.06. The van der Waals surface area contributed by atoms with Crippen LogP contribution in [0.4, 0.5) is 0 Å². The number of hydrogen-bond acceptors (Lipinski definition) is 5. The molecule has 0 spiro atoms. The summed E-state index contributed by atoms with van der Waals surface area (Å²) in [4.78, 5) is 11.4. The van der Waals surface area contributed by atoms with Crippen molar-refractivity contribution in [1.29, 1.82) is 0 Å². The van der Waals surface area contributed by atoms with Crippen molar-refractivity contribution in [2.24, 2.45) is 0 Å². The Morgan fingerprint density at radius 2 is 1.83 bits per heavy atom. The molecule has 1 aromatic heterocycles. The molecular weight excluding hydrogens is 306 g/mol. The van der Waals surface area contributed by atoms with Gasteiger partial charge in [-0.25, -0.2) is 4.98 Å². The molecule has 0 saturated carbocycles. The number of nitrogens with zero attached hydrogens (tertiary/aromatic N) is 3. The minimum atomic E-state index is 0.529. The third-order valence-electron chi connectivity index (χ3n) is 3.73. The second-order valence-corrected chi connectivity index (χ2v) is 6.01. The minimum Gasteiger partial charge on any atom is -0.473 e. The van der Waals surface area contributed by atoms with Crippen LogP contribution >= 0.6 is 11.8 Å². The van der Waals surface area contributed by atoms with E-state index in [2.05, 4.69) is 40.8 Å². The highest BCUT2D eigenvalue weighted by atomic mass is 32.2. The van der Waals surface area contributed by atoms with Crippen LogP contribution in [0.25, 0.3) is 0 Å². The van der Waals surface area contributed by atoms with Gasteiger partial charge in [-0.1, -0.05) is 55.9 Å². The highest BCUT2D eigenvalue weighted by Crippen LogP contribution is 2.17. The van der Waals surface area contributed by atoms with Crippen molar-refractivity contribution in [3.8, 4) is 5.88 Å². The molecule has 0 N–H and O–H groups in total. The number of ether oxygens (including phenoxy) is 1. The number of benzene rings is 1. The summed E-state index contributed by atoms with van der Waals surface area (Å²) >= 11 is 1.55. The highest BCUT2D eigenvalue weighted by molar-refractivity contribution is 7.98. The molecule has 1 aromatic carbocycles. The Kier molecular flexibility index (Phi) is 7.36. The molecule has 2 aromatic rings. The summed E-state index contributed by atoms with van der Waals surface area (Å²) in [6.45, 7) is 8.04. The Hall–Kier alpha value is -1.59. The molecule has 0 aliphatic carbocycles. The van der Waals surface area contributed by atoms with E-state index in [-0.39, 0.29) is 0 Å². The van der Waals surface area contributed by atoms with Gasteiger partial charge in [-0.15, -0.1) is 0 Å². The molecule has 0 fully saturated rings. The van der Waals surface area contributed by atoms with Crippen LogP contribution in [-0.4, -0.2) is 40.8 Å². The van der Waals surface area contributed by atoms with Crippen molar-refractivity contribution in [2.75, 3.05) is 25.9 Å². The Balaban J connectivity index is 2.02. The van der Waals surface area contributed by atoms with E-state index in [1.807, 2.05) is 30.5 Å². The van der Waals surface area contributed by atoms with Gasteiger partial charge in [0.05, 0.1) is 5.69 Å². The van der Waals surface area contributed by atoms with Crippen LogP contribution in [0.5, 0.6) is 5.88 Å². The second-order valence-electron chi connectivity index (χ2n) is 5.24. The molecule has 1 heterocycles. The average Bonchev–Trinajstić information content (AvgIpc) is 2.61. The van der Waals surface area contributed by atoms with Crippen molar-refractivity contribution in [2.45, 2.75) is 32.0 Å². The van der Waals surface area contributed by atoms with Gasteiger partial charge in [0, 0.05) is 19.0 Å². The molecule has 0 atom stereocenters. The first kappa shape index (κ1) is 17.8. The van der Waals surface area contributed by atoms with E-state index in [1.54, 1.807) is 11.8 Å². The van der Waals surface area contributed by atoms with Crippen molar-refractivity contribution in [3.63, 3.8) is 0 Å². The summed E-state index contributed by atoms with van der Waals surface area (Å²) in [5.74, 6) is 0.655. The standard InChI is InChI=1S/C18H25N3OS/c1-4-21(5-2)12-11-16-13-17(20-18(19-16)23-3)22-14-15-9-7-6-8-10-15/h6-10,13H,4-5,11-12,14H2,1-3H3. The zero-order chi connectivity index (χ0) is 16.5. The SMILES string of the molecule is CCN(CC)CCc1cc(OCc2ccccc2)nc(SC)n1. The van der Waals surface area contributed by atoms with Crippen LogP contribution in [0.2, 0.25) is 0 Å². The highest BCUT2D eigenvalue weighted by Gasteiger charge is 2.07. The van der Waals surface area contributed by atoms with E-state index in [4.69, 9.17) is 4.74 Å². The molecule has 5 heteroatoms. The van der Waals surface area contributed by atoms with E-state index in [0.717, 1.165) is 42.5 Å². The second kappa shape index (κ2) is 9.53. The molecule has 0 unspecified atom stereocenters. The molecule has 2 rings (SSSR count). The topological polar surface area (TPSA) is 38.2 Å². The van der Waals surface area contributed by atoms with Gasteiger partial charge in [-0.2, -0.15) is 4.98 Å². The molecule has 0 aliphatic rings. The molecule has 0 amide bonds. The summed E-state index contributed by atoms with van der Waals surface area (Å²) in [5, 5.41) is 0.769. The molecule has 23 heavy (non-hydrogen) atoms. The maximum atomic E-state index is 5.86. The molecule has 0 aliphatic heterocycles. The Bertz CT molecular complexity index is 588. The largest absolute Gasteiger partial charge is 0.473 e. The van der Waals surface area contributed by atoms with Crippen LogP contribution in [0.1, 0.15) is 25.1 Å². The number of thioether (sulfide) groups is 1. The van der Waals surface area contributed by atoms with E-state index in [0.29, 0.717) is 12.5 Å². The zero-order valence-electron chi connectivity index (χ0n) is 14.2. The summed E-state index contributed by atoms with van der Waals surface area (Å²) in [5.41, 5.74) is 2.18. The van der Waals surface area contributed by atoms with Gasteiger partial charge in [-0.3, -0.25) is 0 Å². The maximum absolute atomic E-state index is 5.86. The third-order valence-corrected chi connectivity index (χ3v) is 4.27. The summed E-state index contributed by atoms with van der Waals surface area (Å²) in [7, 11) is 0. The van der Waals surface area contributed by atoms with E-state index in [9.17, 15) is 0 Å². The van der Waals surface area contributed by atoms with Gasteiger partial charge in [0.2, 0.25) is 5.88 Å². The normalized spacial score (nSPS) is 11.0. The average molecular weight is 331 g/mol. The first-order valence-corrected chi connectivity index (χ1v) is 9.28. The van der Waals surface area contributed by atoms with Crippen molar-refractivity contribution in [1.82, 2.24) is 14.9 Å².